The van der Waals surface area contributed by atoms with Crippen molar-refractivity contribution in [3.05, 3.63) is 35.4 Å². The molecule has 1 aromatic rings. The van der Waals surface area contributed by atoms with Crippen molar-refractivity contribution < 1.29 is 14.3 Å². The monoisotopic (exact) mass is 260 g/mol. The molecule has 0 aromatic heterocycles. The summed E-state index contributed by atoms with van der Waals surface area (Å²) in [6, 6.07) is 7.55. The second-order valence-corrected chi connectivity index (χ2v) is 4.41. The first-order valence-electron chi connectivity index (χ1n) is 5.88. The van der Waals surface area contributed by atoms with Crippen molar-refractivity contribution in [2.75, 3.05) is 7.11 Å². The Morgan fingerprint density at radius 3 is 2.58 bits per heavy atom. The molecule has 1 amide bonds. The number of ether oxygens (including phenoxy) is 1. The first-order valence-corrected chi connectivity index (χ1v) is 5.88. The highest BCUT2D eigenvalue weighted by molar-refractivity contribution is 5.97. The van der Waals surface area contributed by atoms with Gasteiger partial charge in [-0.15, -0.1) is 0 Å². The Balaban J connectivity index is 2.88. The molecule has 0 aliphatic carbocycles. The van der Waals surface area contributed by atoms with Gasteiger partial charge in [-0.05, 0) is 24.1 Å². The van der Waals surface area contributed by atoms with E-state index in [1.165, 1.54) is 13.2 Å². The highest BCUT2D eigenvalue weighted by Gasteiger charge is 2.25. The minimum atomic E-state index is -0.705. The fourth-order valence-corrected chi connectivity index (χ4v) is 1.58. The summed E-state index contributed by atoms with van der Waals surface area (Å²) in [5, 5.41) is 11.4. The van der Waals surface area contributed by atoms with E-state index in [-0.39, 0.29) is 5.92 Å². The van der Waals surface area contributed by atoms with Crippen LogP contribution in [0.1, 0.15) is 29.8 Å². The van der Waals surface area contributed by atoms with Crippen molar-refractivity contribution in [3.8, 4) is 6.07 Å². The maximum Gasteiger partial charge on any atom is 0.328 e. The van der Waals surface area contributed by atoms with Crippen molar-refractivity contribution >= 4 is 11.9 Å². The second kappa shape index (κ2) is 6.55. The Kier molecular flexibility index (Phi) is 5.07. The molecule has 0 saturated heterocycles. The number of nitrogens with zero attached hydrogens (tertiary/aromatic N) is 1. The number of esters is 1. The third-order valence-corrected chi connectivity index (χ3v) is 2.66. The number of carbonyl (C=O) groups is 2. The van der Waals surface area contributed by atoms with Crippen LogP contribution in [0, 0.1) is 17.2 Å². The number of hydrogen-bond donors (Lipinski definition) is 1. The highest BCUT2D eigenvalue weighted by atomic mass is 16.5. The van der Waals surface area contributed by atoms with Crippen LogP contribution in [0.5, 0.6) is 0 Å². The van der Waals surface area contributed by atoms with E-state index in [2.05, 4.69) is 10.1 Å². The lowest BCUT2D eigenvalue weighted by atomic mass is 10.0. The standard InChI is InChI=1S/C14H16N2O3/c1-9(2)12(14(18)19-3)16-13(17)11-6-4-5-10(7-11)8-15/h4-7,9,12H,1-3H3,(H,16,17)/t12-/m0/s1. The van der Waals surface area contributed by atoms with Gasteiger partial charge in [-0.2, -0.15) is 5.26 Å². The van der Waals surface area contributed by atoms with Crippen molar-refractivity contribution in [1.82, 2.24) is 5.32 Å². The molecule has 1 rings (SSSR count). The molecule has 0 heterocycles. The Hall–Kier alpha value is -2.35. The van der Waals surface area contributed by atoms with Gasteiger partial charge >= 0.3 is 5.97 Å². The van der Waals surface area contributed by atoms with Gasteiger partial charge < -0.3 is 10.1 Å². The normalized spacial score (nSPS) is 11.5. The molecule has 0 bridgehead atoms. The fourth-order valence-electron chi connectivity index (χ4n) is 1.58. The van der Waals surface area contributed by atoms with Gasteiger partial charge in [0.1, 0.15) is 6.04 Å². The number of nitriles is 1. The van der Waals surface area contributed by atoms with E-state index in [0.29, 0.717) is 11.1 Å². The zero-order chi connectivity index (χ0) is 14.4. The summed E-state index contributed by atoms with van der Waals surface area (Å²) in [6.45, 7) is 3.63. The van der Waals surface area contributed by atoms with Crippen molar-refractivity contribution in [2.45, 2.75) is 19.9 Å². The molecule has 0 unspecified atom stereocenters. The van der Waals surface area contributed by atoms with Gasteiger partial charge in [-0.1, -0.05) is 19.9 Å². The average molecular weight is 260 g/mol. The molecule has 5 heteroatoms. The molecule has 1 N–H and O–H groups in total. The molecule has 19 heavy (non-hydrogen) atoms. The molecule has 1 aromatic carbocycles. The zero-order valence-electron chi connectivity index (χ0n) is 11.1. The fraction of sp³-hybridized carbons (Fsp3) is 0.357. The Labute approximate surface area is 112 Å². The van der Waals surface area contributed by atoms with Crippen LogP contribution in [0.2, 0.25) is 0 Å². The van der Waals surface area contributed by atoms with Gasteiger partial charge in [-0.25, -0.2) is 4.79 Å². The van der Waals surface area contributed by atoms with Gasteiger partial charge in [0.05, 0.1) is 18.7 Å². The lowest BCUT2D eigenvalue weighted by Gasteiger charge is -2.19. The summed E-state index contributed by atoms with van der Waals surface area (Å²) >= 11 is 0. The lowest BCUT2D eigenvalue weighted by Crippen LogP contribution is -2.45. The SMILES string of the molecule is COC(=O)[C@@H](NC(=O)c1cccc(C#N)c1)C(C)C. The summed E-state index contributed by atoms with van der Waals surface area (Å²) in [5.74, 6) is -0.975. The molecule has 0 fully saturated rings. The smallest absolute Gasteiger partial charge is 0.328 e. The predicted molar refractivity (Wildman–Crippen MR) is 69.3 cm³/mol. The average Bonchev–Trinajstić information content (AvgIpc) is 2.43. The van der Waals surface area contributed by atoms with Crippen molar-refractivity contribution in [1.29, 1.82) is 5.26 Å². The lowest BCUT2D eigenvalue weighted by molar-refractivity contribution is -0.144. The number of carbonyl (C=O) groups excluding carboxylic acids is 2. The van der Waals surface area contributed by atoms with Gasteiger partial charge in [0.25, 0.3) is 5.91 Å². The van der Waals surface area contributed by atoms with Crippen LogP contribution < -0.4 is 5.32 Å². The maximum atomic E-state index is 12.0. The predicted octanol–water partition coefficient (Wildman–Crippen LogP) is 1.49. The molecule has 0 spiro atoms. The quantitative estimate of drug-likeness (QED) is 0.832. The minimum absolute atomic E-state index is 0.0875. The Morgan fingerprint density at radius 2 is 2.05 bits per heavy atom. The van der Waals surface area contributed by atoms with E-state index in [0.717, 1.165) is 0 Å². The maximum absolute atomic E-state index is 12.0. The summed E-state index contributed by atoms with van der Waals surface area (Å²) in [4.78, 5) is 23.6. The number of methoxy groups -OCH3 is 1. The topological polar surface area (TPSA) is 79.2 Å². The molecule has 1 atom stereocenters. The first kappa shape index (κ1) is 14.7. The van der Waals surface area contributed by atoms with Crippen molar-refractivity contribution in [3.63, 3.8) is 0 Å². The summed E-state index contributed by atoms with van der Waals surface area (Å²) in [6.07, 6.45) is 0. The van der Waals surface area contributed by atoms with E-state index in [9.17, 15) is 9.59 Å². The molecule has 100 valence electrons. The minimum Gasteiger partial charge on any atom is -0.467 e. The van der Waals surface area contributed by atoms with Crippen LogP contribution in [-0.2, 0) is 9.53 Å². The van der Waals surface area contributed by atoms with E-state index >= 15 is 0 Å². The second-order valence-electron chi connectivity index (χ2n) is 4.41. The molecule has 0 aliphatic heterocycles. The molecule has 0 aliphatic rings. The van der Waals surface area contributed by atoms with Crippen LogP contribution >= 0.6 is 0 Å². The third-order valence-electron chi connectivity index (χ3n) is 2.66. The van der Waals surface area contributed by atoms with Gasteiger partial charge in [-0.3, -0.25) is 4.79 Å². The van der Waals surface area contributed by atoms with Gasteiger partial charge in [0.15, 0.2) is 0 Å². The molecular weight excluding hydrogens is 244 g/mol. The Morgan fingerprint density at radius 1 is 1.37 bits per heavy atom. The first-order chi connectivity index (χ1) is 8.99. The molecule has 0 saturated carbocycles. The van der Waals surface area contributed by atoms with E-state index in [4.69, 9.17) is 5.26 Å². The van der Waals surface area contributed by atoms with Crippen LogP contribution in [0.3, 0.4) is 0 Å². The highest BCUT2D eigenvalue weighted by Crippen LogP contribution is 2.08. The number of amides is 1. The zero-order valence-corrected chi connectivity index (χ0v) is 11.1. The van der Waals surface area contributed by atoms with E-state index in [1.807, 2.05) is 19.9 Å². The molecule has 0 radical (unpaired) electrons. The van der Waals surface area contributed by atoms with Crippen LogP contribution in [-0.4, -0.2) is 25.0 Å². The van der Waals surface area contributed by atoms with Gasteiger partial charge in [0.2, 0.25) is 0 Å². The number of nitrogens with one attached hydrogen (secondary N) is 1. The van der Waals surface area contributed by atoms with E-state index in [1.54, 1.807) is 18.2 Å². The van der Waals surface area contributed by atoms with Crippen LogP contribution in [0.4, 0.5) is 0 Å². The molecule has 5 nitrogen and oxygen atoms in total. The van der Waals surface area contributed by atoms with Crippen LogP contribution in [0.25, 0.3) is 0 Å². The summed E-state index contributed by atoms with van der Waals surface area (Å²) in [5.41, 5.74) is 0.736. The van der Waals surface area contributed by atoms with E-state index < -0.39 is 17.9 Å². The van der Waals surface area contributed by atoms with Gasteiger partial charge in [0, 0.05) is 5.56 Å². The molecular formula is C14H16N2O3. The van der Waals surface area contributed by atoms with Crippen molar-refractivity contribution in [2.24, 2.45) is 5.92 Å². The summed E-state index contributed by atoms with van der Waals surface area (Å²) in [7, 11) is 1.28. The third kappa shape index (κ3) is 3.81. The largest absolute Gasteiger partial charge is 0.467 e. The number of rotatable bonds is 4. The number of hydrogen-bond acceptors (Lipinski definition) is 4. The number of benzene rings is 1. The Bertz CT molecular complexity index is 518. The summed E-state index contributed by atoms with van der Waals surface area (Å²) < 4.78 is 4.65. The van der Waals surface area contributed by atoms with Crippen LogP contribution in [0.15, 0.2) is 24.3 Å².